The Labute approximate surface area is 131 Å². The van der Waals surface area contributed by atoms with Crippen LogP contribution in [0.1, 0.15) is 28.9 Å². The van der Waals surface area contributed by atoms with E-state index in [2.05, 4.69) is 39.8 Å². The highest BCUT2D eigenvalue weighted by Gasteiger charge is 2.04. The number of nitrogens with zero attached hydrogens (tertiary/aromatic N) is 3. The zero-order chi connectivity index (χ0) is 16.2. The van der Waals surface area contributed by atoms with Gasteiger partial charge in [-0.25, -0.2) is 0 Å². The molecule has 1 aromatic rings. The first-order valence-electron chi connectivity index (χ1n) is 7.40. The molecular formula is C15H25N5O2. The van der Waals surface area contributed by atoms with Crippen molar-refractivity contribution < 1.29 is 10.0 Å². The quantitative estimate of drug-likeness (QED) is 0.254. The van der Waals surface area contributed by atoms with Crippen LogP contribution in [0.5, 0.6) is 0 Å². The van der Waals surface area contributed by atoms with Crippen LogP contribution < -0.4 is 10.6 Å². The molecule has 1 heterocycles. The van der Waals surface area contributed by atoms with Crippen LogP contribution in [-0.2, 0) is 0 Å². The third-order valence-electron chi connectivity index (χ3n) is 3.01. The molecule has 0 spiro atoms. The van der Waals surface area contributed by atoms with Gasteiger partial charge in [-0.1, -0.05) is 5.16 Å². The summed E-state index contributed by atoms with van der Waals surface area (Å²) < 4.78 is 0. The van der Waals surface area contributed by atoms with Crippen LogP contribution in [0.2, 0.25) is 0 Å². The Morgan fingerprint density at radius 1 is 1.32 bits per heavy atom. The van der Waals surface area contributed by atoms with E-state index in [0.29, 0.717) is 17.8 Å². The summed E-state index contributed by atoms with van der Waals surface area (Å²) >= 11 is 0. The van der Waals surface area contributed by atoms with E-state index >= 15 is 0 Å². The molecule has 7 heteroatoms. The van der Waals surface area contributed by atoms with E-state index in [1.54, 1.807) is 12.1 Å². The monoisotopic (exact) mass is 307 g/mol. The van der Waals surface area contributed by atoms with Crippen molar-refractivity contribution in [1.29, 1.82) is 0 Å². The van der Waals surface area contributed by atoms with Gasteiger partial charge in [-0.05, 0) is 58.7 Å². The molecule has 0 saturated heterocycles. The number of pyridine rings is 1. The van der Waals surface area contributed by atoms with Gasteiger partial charge >= 0.3 is 0 Å². The van der Waals surface area contributed by atoms with Gasteiger partial charge in [-0.15, -0.1) is 0 Å². The summed E-state index contributed by atoms with van der Waals surface area (Å²) in [7, 11) is 4.13. The number of carbonyl (C=O) groups is 1. The SMILES string of the molecule is CN(C)CCCNCCCNC(=O)c1ccc(/C=N\O)nc1. The van der Waals surface area contributed by atoms with Gasteiger partial charge in [0, 0.05) is 12.7 Å². The van der Waals surface area contributed by atoms with Gasteiger partial charge in [0.2, 0.25) is 0 Å². The van der Waals surface area contributed by atoms with Crippen LogP contribution in [0.3, 0.4) is 0 Å². The highest BCUT2D eigenvalue weighted by molar-refractivity contribution is 5.94. The van der Waals surface area contributed by atoms with E-state index in [9.17, 15) is 4.79 Å². The standard InChI is InChI=1S/C15H25N5O2/c1-20(2)10-4-8-16-7-3-9-17-15(21)13-5-6-14(12-19-22)18-11-13/h5-6,11-12,16,22H,3-4,7-10H2,1-2H3,(H,17,21)/b19-12-. The number of rotatable bonds is 10. The lowest BCUT2D eigenvalue weighted by molar-refractivity contribution is 0.0953. The minimum Gasteiger partial charge on any atom is -0.411 e. The van der Waals surface area contributed by atoms with Gasteiger partial charge in [0.25, 0.3) is 5.91 Å². The number of amides is 1. The number of aromatic nitrogens is 1. The average molecular weight is 307 g/mol. The van der Waals surface area contributed by atoms with E-state index < -0.39 is 0 Å². The Kier molecular flexibility index (Phi) is 8.78. The Morgan fingerprint density at radius 3 is 2.73 bits per heavy atom. The second-order valence-corrected chi connectivity index (χ2v) is 5.23. The highest BCUT2D eigenvalue weighted by atomic mass is 16.4. The van der Waals surface area contributed by atoms with Gasteiger partial charge in [-0.2, -0.15) is 0 Å². The second kappa shape index (κ2) is 10.7. The minimum absolute atomic E-state index is 0.146. The van der Waals surface area contributed by atoms with Crippen LogP contribution >= 0.6 is 0 Å². The van der Waals surface area contributed by atoms with E-state index in [-0.39, 0.29) is 5.91 Å². The minimum atomic E-state index is -0.146. The van der Waals surface area contributed by atoms with Gasteiger partial charge in [0.05, 0.1) is 17.5 Å². The second-order valence-electron chi connectivity index (χ2n) is 5.23. The van der Waals surface area contributed by atoms with E-state index in [0.717, 1.165) is 32.5 Å². The summed E-state index contributed by atoms with van der Waals surface area (Å²) in [6, 6.07) is 3.28. The predicted octanol–water partition coefficient (Wildman–Crippen LogP) is 0.551. The first-order valence-corrected chi connectivity index (χ1v) is 7.40. The fourth-order valence-electron chi connectivity index (χ4n) is 1.84. The third kappa shape index (κ3) is 7.70. The van der Waals surface area contributed by atoms with Crippen molar-refractivity contribution in [1.82, 2.24) is 20.5 Å². The van der Waals surface area contributed by atoms with Crippen LogP contribution in [-0.4, -0.2) is 67.5 Å². The molecule has 0 bridgehead atoms. The molecule has 0 aliphatic heterocycles. The van der Waals surface area contributed by atoms with Crippen molar-refractivity contribution in [3.05, 3.63) is 29.6 Å². The highest BCUT2D eigenvalue weighted by Crippen LogP contribution is 1.98. The van der Waals surface area contributed by atoms with Crippen LogP contribution in [0.4, 0.5) is 0 Å². The van der Waals surface area contributed by atoms with Crippen LogP contribution in [0.15, 0.2) is 23.5 Å². The van der Waals surface area contributed by atoms with Gasteiger partial charge in [-0.3, -0.25) is 9.78 Å². The molecule has 122 valence electrons. The molecule has 7 nitrogen and oxygen atoms in total. The van der Waals surface area contributed by atoms with E-state index in [4.69, 9.17) is 5.21 Å². The maximum absolute atomic E-state index is 11.9. The maximum atomic E-state index is 11.9. The largest absolute Gasteiger partial charge is 0.411 e. The zero-order valence-corrected chi connectivity index (χ0v) is 13.2. The van der Waals surface area contributed by atoms with Gasteiger partial charge in [0.1, 0.15) is 0 Å². The molecule has 0 aromatic carbocycles. The summed E-state index contributed by atoms with van der Waals surface area (Å²) in [4.78, 5) is 18.0. The molecular weight excluding hydrogens is 282 g/mol. The Balaban J connectivity index is 2.13. The molecule has 3 N–H and O–H groups in total. The summed E-state index contributed by atoms with van der Waals surface area (Å²) in [6.45, 7) is 3.58. The van der Waals surface area contributed by atoms with Crippen molar-refractivity contribution in [2.24, 2.45) is 5.16 Å². The van der Waals surface area contributed by atoms with Crippen molar-refractivity contribution in [3.8, 4) is 0 Å². The van der Waals surface area contributed by atoms with Crippen molar-refractivity contribution >= 4 is 12.1 Å². The molecule has 22 heavy (non-hydrogen) atoms. The lowest BCUT2D eigenvalue weighted by Gasteiger charge is -2.10. The van der Waals surface area contributed by atoms with Crippen molar-refractivity contribution in [3.63, 3.8) is 0 Å². The summed E-state index contributed by atoms with van der Waals surface area (Å²) in [6.07, 6.45) is 4.68. The maximum Gasteiger partial charge on any atom is 0.252 e. The molecule has 0 radical (unpaired) electrons. The summed E-state index contributed by atoms with van der Waals surface area (Å²) in [5.41, 5.74) is 0.995. The number of carbonyl (C=O) groups excluding carboxylic acids is 1. The van der Waals surface area contributed by atoms with Gasteiger partial charge in [0.15, 0.2) is 0 Å². The van der Waals surface area contributed by atoms with Crippen LogP contribution in [0.25, 0.3) is 0 Å². The van der Waals surface area contributed by atoms with Gasteiger partial charge < -0.3 is 20.7 Å². The predicted molar refractivity (Wildman–Crippen MR) is 86.6 cm³/mol. The summed E-state index contributed by atoms with van der Waals surface area (Å²) in [5.74, 6) is -0.146. The summed E-state index contributed by atoms with van der Waals surface area (Å²) in [5, 5.41) is 17.5. The lowest BCUT2D eigenvalue weighted by Crippen LogP contribution is -2.28. The Bertz CT molecular complexity index is 460. The number of nitrogens with one attached hydrogen (secondary N) is 2. The van der Waals surface area contributed by atoms with Crippen LogP contribution in [0, 0.1) is 0 Å². The normalized spacial score (nSPS) is 11.2. The topological polar surface area (TPSA) is 89.8 Å². The van der Waals surface area contributed by atoms with E-state index in [1.165, 1.54) is 12.4 Å². The third-order valence-corrected chi connectivity index (χ3v) is 3.01. The molecule has 0 atom stereocenters. The molecule has 1 rings (SSSR count). The first kappa shape index (κ1) is 18.1. The van der Waals surface area contributed by atoms with Crippen molar-refractivity contribution in [2.75, 3.05) is 40.3 Å². The Morgan fingerprint density at radius 2 is 2.09 bits per heavy atom. The molecule has 0 unspecified atom stereocenters. The smallest absolute Gasteiger partial charge is 0.252 e. The fraction of sp³-hybridized carbons (Fsp3) is 0.533. The molecule has 0 fully saturated rings. The molecule has 0 aliphatic rings. The molecule has 0 aliphatic carbocycles. The van der Waals surface area contributed by atoms with Crippen molar-refractivity contribution in [2.45, 2.75) is 12.8 Å². The number of hydrogen-bond donors (Lipinski definition) is 3. The average Bonchev–Trinajstić information content (AvgIpc) is 2.50. The number of oxime groups is 1. The fourth-order valence-corrected chi connectivity index (χ4v) is 1.84. The number of hydrogen-bond acceptors (Lipinski definition) is 6. The molecule has 1 aromatic heterocycles. The van der Waals surface area contributed by atoms with E-state index in [1.807, 2.05) is 0 Å². The zero-order valence-electron chi connectivity index (χ0n) is 13.2. The molecule has 0 saturated carbocycles. The Hall–Kier alpha value is -1.99. The molecule has 1 amide bonds. The lowest BCUT2D eigenvalue weighted by atomic mass is 10.2. The first-order chi connectivity index (χ1) is 10.6.